The average Bonchev–Trinajstić information content (AvgIpc) is 2.49. The summed E-state index contributed by atoms with van der Waals surface area (Å²) in [6, 6.07) is 0.327. The van der Waals surface area contributed by atoms with Crippen molar-refractivity contribution in [3.63, 3.8) is 0 Å². The Balaban J connectivity index is 3.07. The van der Waals surface area contributed by atoms with E-state index in [0.29, 0.717) is 12.1 Å². The normalized spacial score (nSPS) is 13.1. The van der Waals surface area contributed by atoms with E-state index >= 15 is 0 Å². The first kappa shape index (κ1) is 11.6. The molecule has 0 radical (unpaired) electrons. The molecule has 0 aliphatic heterocycles. The van der Waals surface area contributed by atoms with Gasteiger partial charge in [-0.3, -0.25) is 4.68 Å². The van der Waals surface area contributed by atoms with Gasteiger partial charge in [0, 0.05) is 5.69 Å². The standard InChI is InChI=1S/C9H12F2N2O2/c1-3-7(9(14)15)13-5(2)4-6(12-13)8(10)11/h4,7-8H,3H2,1-2H3,(H,14,15)/t7-/m1/s1. The van der Waals surface area contributed by atoms with Crippen LogP contribution in [0.3, 0.4) is 0 Å². The van der Waals surface area contributed by atoms with Crippen LogP contribution in [0.4, 0.5) is 8.78 Å². The zero-order chi connectivity index (χ0) is 11.6. The van der Waals surface area contributed by atoms with Crippen LogP contribution >= 0.6 is 0 Å². The maximum atomic E-state index is 12.3. The molecule has 15 heavy (non-hydrogen) atoms. The highest BCUT2D eigenvalue weighted by Gasteiger charge is 2.22. The molecule has 0 saturated carbocycles. The number of aliphatic carboxylic acids is 1. The number of nitrogens with zero attached hydrogens (tertiary/aromatic N) is 2. The van der Waals surface area contributed by atoms with Crippen LogP contribution in [-0.2, 0) is 4.79 Å². The lowest BCUT2D eigenvalue weighted by molar-refractivity contribution is -0.141. The van der Waals surface area contributed by atoms with E-state index in [9.17, 15) is 13.6 Å². The van der Waals surface area contributed by atoms with Crippen LogP contribution in [0.15, 0.2) is 6.07 Å². The lowest BCUT2D eigenvalue weighted by atomic mass is 10.2. The van der Waals surface area contributed by atoms with E-state index in [4.69, 9.17) is 5.11 Å². The van der Waals surface area contributed by atoms with Gasteiger partial charge in [-0.25, -0.2) is 13.6 Å². The Morgan fingerprint density at radius 1 is 1.67 bits per heavy atom. The summed E-state index contributed by atoms with van der Waals surface area (Å²) in [5, 5.41) is 12.4. The zero-order valence-corrected chi connectivity index (χ0v) is 8.44. The molecular weight excluding hydrogens is 206 g/mol. The Kier molecular flexibility index (Phi) is 3.39. The van der Waals surface area contributed by atoms with E-state index in [1.807, 2.05) is 0 Å². The summed E-state index contributed by atoms with van der Waals surface area (Å²) in [6.45, 7) is 3.23. The first-order valence-corrected chi connectivity index (χ1v) is 4.54. The molecule has 1 aromatic heterocycles. The summed E-state index contributed by atoms with van der Waals surface area (Å²) >= 11 is 0. The number of carboxylic acids is 1. The molecule has 1 N–H and O–H groups in total. The summed E-state index contributed by atoms with van der Waals surface area (Å²) in [5.74, 6) is -1.07. The van der Waals surface area contributed by atoms with Crippen molar-refractivity contribution < 1.29 is 18.7 Å². The molecule has 0 saturated heterocycles. The van der Waals surface area contributed by atoms with Crippen molar-refractivity contribution in [2.45, 2.75) is 32.7 Å². The van der Waals surface area contributed by atoms with Crippen LogP contribution < -0.4 is 0 Å². The molecule has 0 bridgehead atoms. The van der Waals surface area contributed by atoms with E-state index in [1.165, 1.54) is 6.07 Å². The second-order valence-electron chi connectivity index (χ2n) is 3.22. The molecule has 1 aromatic rings. The van der Waals surface area contributed by atoms with Crippen LogP contribution in [0, 0.1) is 6.92 Å². The molecule has 0 aliphatic rings. The van der Waals surface area contributed by atoms with Gasteiger partial charge in [-0.2, -0.15) is 5.10 Å². The fraction of sp³-hybridized carbons (Fsp3) is 0.556. The topological polar surface area (TPSA) is 55.1 Å². The molecule has 84 valence electrons. The Morgan fingerprint density at radius 2 is 2.27 bits per heavy atom. The maximum Gasteiger partial charge on any atom is 0.328 e. The number of hydrogen-bond donors (Lipinski definition) is 1. The van der Waals surface area contributed by atoms with Gasteiger partial charge in [0.05, 0.1) is 0 Å². The fourth-order valence-electron chi connectivity index (χ4n) is 1.39. The van der Waals surface area contributed by atoms with Crippen LogP contribution in [0.5, 0.6) is 0 Å². The minimum atomic E-state index is -2.67. The second kappa shape index (κ2) is 4.37. The quantitative estimate of drug-likeness (QED) is 0.842. The van der Waals surface area contributed by atoms with Crippen molar-refractivity contribution in [1.82, 2.24) is 9.78 Å². The summed E-state index contributed by atoms with van der Waals surface area (Å²) in [6.07, 6.45) is -2.36. The number of aryl methyl sites for hydroxylation is 1. The van der Waals surface area contributed by atoms with Gasteiger partial charge in [0.2, 0.25) is 0 Å². The third-order valence-electron chi connectivity index (χ3n) is 2.13. The molecule has 0 fully saturated rings. The highest BCUT2D eigenvalue weighted by Crippen LogP contribution is 2.21. The molecule has 6 heteroatoms. The molecular formula is C9H12F2N2O2. The van der Waals surface area contributed by atoms with Crippen LogP contribution in [0.2, 0.25) is 0 Å². The summed E-state index contributed by atoms with van der Waals surface area (Å²) in [5.41, 5.74) is 0.0479. The Bertz CT molecular complexity index is 363. The van der Waals surface area contributed by atoms with Gasteiger partial charge < -0.3 is 5.11 Å². The number of carboxylic acid groups (broad SMARTS) is 1. The molecule has 0 spiro atoms. The van der Waals surface area contributed by atoms with E-state index in [-0.39, 0.29) is 5.69 Å². The van der Waals surface area contributed by atoms with E-state index in [2.05, 4.69) is 5.10 Å². The Morgan fingerprint density at radius 3 is 2.60 bits per heavy atom. The maximum absolute atomic E-state index is 12.3. The number of aromatic nitrogens is 2. The number of halogens is 2. The van der Waals surface area contributed by atoms with E-state index < -0.39 is 18.4 Å². The molecule has 0 unspecified atom stereocenters. The molecule has 1 atom stereocenters. The lowest BCUT2D eigenvalue weighted by Crippen LogP contribution is -2.20. The number of carbonyl (C=O) groups is 1. The van der Waals surface area contributed by atoms with Crippen molar-refractivity contribution in [3.05, 3.63) is 17.5 Å². The Hall–Kier alpha value is -1.46. The zero-order valence-electron chi connectivity index (χ0n) is 8.44. The van der Waals surface area contributed by atoms with Crippen molar-refractivity contribution in [1.29, 1.82) is 0 Å². The third-order valence-corrected chi connectivity index (χ3v) is 2.13. The average molecular weight is 218 g/mol. The molecule has 0 aliphatic carbocycles. The van der Waals surface area contributed by atoms with Gasteiger partial charge in [-0.05, 0) is 19.4 Å². The van der Waals surface area contributed by atoms with Gasteiger partial charge >= 0.3 is 5.97 Å². The molecule has 0 aromatic carbocycles. The highest BCUT2D eigenvalue weighted by atomic mass is 19.3. The molecule has 4 nitrogen and oxygen atoms in total. The van der Waals surface area contributed by atoms with Gasteiger partial charge in [0.25, 0.3) is 6.43 Å². The van der Waals surface area contributed by atoms with Gasteiger partial charge in [0.1, 0.15) is 11.7 Å². The van der Waals surface area contributed by atoms with Crippen LogP contribution in [0.1, 0.15) is 37.2 Å². The first-order valence-electron chi connectivity index (χ1n) is 4.54. The van der Waals surface area contributed by atoms with Crippen molar-refractivity contribution in [2.24, 2.45) is 0 Å². The minimum Gasteiger partial charge on any atom is -0.480 e. The van der Waals surface area contributed by atoms with E-state index in [1.54, 1.807) is 13.8 Å². The molecule has 1 heterocycles. The predicted molar refractivity (Wildman–Crippen MR) is 48.9 cm³/mol. The lowest BCUT2D eigenvalue weighted by Gasteiger charge is -2.11. The fourth-order valence-corrected chi connectivity index (χ4v) is 1.39. The van der Waals surface area contributed by atoms with E-state index in [0.717, 1.165) is 4.68 Å². The largest absolute Gasteiger partial charge is 0.480 e. The predicted octanol–water partition coefficient (Wildman–Crippen LogP) is 2.16. The highest BCUT2D eigenvalue weighted by molar-refractivity contribution is 5.71. The van der Waals surface area contributed by atoms with Gasteiger partial charge in [0.15, 0.2) is 0 Å². The number of rotatable bonds is 4. The van der Waals surface area contributed by atoms with Crippen molar-refractivity contribution in [3.8, 4) is 0 Å². The van der Waals surface area contributed by atoms with Crippen LogP contribution in [0.25, 0.3) is 0 Å². The second-order valence-corrected chi connectivity index (χ2v) is 3.22. The van der Waals surface area contributed by atoms with Gasteiger partial charge in [-0.15, -0.1) is 0 Å². The minimum absolute atomic E-state index is 0.306. The SMILES string of the molecule is CC[C@H](C(=O)O)n1nc(C(F)F)cc1C. The first-order chi connectivity index (χ1) is 6.97. The summed E-state index contributed by atoms with van der Waals surface area (Å²) in [7, 11) is 0. The summed E-state index contributed by atoms with van der Waals surface area (Å²) in [4.78, 5) is 10.8. The molecule has 1 rings (SSSR count). The summed E-state index contributed by atoms with van der Waals surface area (Å²) < 4.78 is 25.7. The van der Waals surface area contributed by atoms with Crippen molar-refractivity contribution in [2.75, 3.05) is 0 Å². The third kappa shape index (κ3) is 2.31. The molecule has 0 amide bonds. The Labute approximate surface area is 85.5 Å². The van der Waals surface area contributed by atoms with Crippen molar-refractivity contribution >= 4 is 5.97 Å². The number of alkyl halides is 2. The smallest absolute Gasteiger partial charge is 0.328 e. The van der Waals surface area contributed by atoms with Crippen LogP contribution in [-0.4, -0.2) is 20.9 Å². The van der Waals surface area contributed by atoms with Gasteiger partial charge in [-0.1, -0.05) is 6.92 Å². The number of hydrogen-bond acceptors (Lipinski definition) is 2. The monoisotopic (exact) mass is 218 g/mol.